The molecule has 2 N–H and O–H groups in total. The van der Waals surface area contributed by atoms with Crippen LogP contribution in [-0.4, -0.2) is 27.2 Å². The predicted molar refractivity (Wildman–Crippen MR) is 86.4 cm³/mol. The molecule has 0 saturated carbocycles. The Hall–Kier alpha value is -2.89. The summed E-state index contributed by atoms with van der Waals surface area (Å²) in [6, 6.07) is 11.0. The largest absolute Gasteiger partial charge is 0.493 e. The molecule has 0 aliphatic carbocycles. The number of rotatable bonds is 4. The predicted octanol–water partition coefficient (Wildman–Crippen LogP) is 2.57. The number of ether oxygens (including phenoxy) is 3. The Bertz CT molecular complexity index is 720. The van der Waals surface area contributed by atoms with E-state index in [0.29, 0.717) is 22.8 Å². The first-order valence-electron chi connectivity index (χ1n) is 7.14. The molecule has 0 fully saturated rings. The van der Waals surface area contributed by atoms with Crippen LogP contribution in [0.3, 0.4) is 0 Å². The molecule has 0 radical (unpaired) electrons. The van der Waals surface area contributed by atoms with Gasteiger partial charge in [0.25, 0.3) is 5.91 Å². The van der Waals surface area contributed by atoms with Crippen molar-refractivity contribution >= 4 is 11.6 Å². The standard InChI is InChI=1S/C17H18N2O4/c1-21-13-8-10(9-14(22-2)15(13)23-3)16-18-12-7-5-4-6-11(12)17(20)19-16/h4-9,16,18H,1-3H3,(H,19,20)/t16-/m0/s1. The van der Waals surface area contributed by atoms with Crippen molar-refractivity contribution in [2.24, 2.45) is 0 Å². The molecule has 2 aromatic rings. The third kappa shape index (κ3) is 2.63. The molecule has 0 aromatic heterocycles. The quantitative estimate of drug-likeness (QED) is 0.908. The van der Waals surface area contributed by atoms with E-state index in [1.807, 2.05) is 30.3 Å². The summed E-state index contributed by atoms with van der Waals surface area (Å²) < 4.78 is 16.0. The summed E-state index contributed by atoms with van der Waals surface area (Å²) in [7, 11) is 4.67. The number of benzene rings is 2. The van der Waals surface area contributed by atoms with Gasteiger partial charge in [-0.15, -0.1) is 0 Å². The first-order chi connectivity index (χ1) is 11.2. The number of hydrogen-bond donors (Lipinski definition) is 2. The van der Waals surface area contributed by atoms with E-state index < -0.39 is 0 Å². The number of fused-ring (bicyclic) bond motifs is 1. The zero-order chi connectivity index (χ0) is 16.4. The van der Waals surface area contributed by atoms with Gasteiger partial charge in [0, 0.05) is 11.3 Å². The highest BCUT2D eigenvalue weighted by Crippen LogP contribution is 2.40. The molecule has 1 heterocycles. The Morgan fingerprint density at radius 1 is 0.913 bits per heavy atom. The number of methoxy groups -OCH3 is 3. The van der Waals surface area contributed by atoms with Gasteiger partial charge in [0.1, 0.15) is 6.17 Å². The van der Waals surface area contributed by atoms with Gasteiger partial charge in [-0.1, -0.05) is 12.1 Å². The summed E-state index contributed by atoms with van der Waals surface area (Å²) in [5.74, 6) is 1.47. The molecule has 120 valence electrons. The molecule has 0 bridgehead atoms. The molecular formula is C17H18N2O4. The van der Waals surface area contributed by atoms with Gasteiger partial charge in [-0.2, -0.15) is 0 Å². The normalized spacial score (nSPS) is 16.0. The van der Waals surface area contributed by atoms with E-state index in [2.05, 4.69) is 10.6 Å². The Balaban J connectivity index is 2.01. The van der Waals surface area contributed by atoms with Crippen LogP contribution in [0.5, 0.6) is 17.2 Å². The summed E-state index contributed by atoms with van der Waals surface area (Å²) in [4.78, 5) is 12.3. The van der Waals surface area contributed by atoms with Crippen molar-refractivity contribution < 1.29 is 19.0 Å². The van der Waals surface area contributed by atoms with E-state index in [4.69, 9.17) is 14.2 Å². The van der Waals surface area contributed by atoms with Gasteiger partial charge in [-0.05, 0) is 24.3 Å². The molecule has 0 saturated heterocycles. The summed E-state index contributed by atoms with van der Waals surface area (Å²) in [5.41, 5.74) is 2.22. The lowest BCUT2D eigenvalue weighted by molar-refractivity contribution is 0.0935. The molecule has 23 heavy (non-hydrogen) atoms. The fourth-order valence-corrected chi connectivity index (χ4v) is 2.64. The smallest absolute Gasteiger partial charge is 0.255 e. The Kier molecular flexibility index (Phi) is 3.97. The second kappa shape index (κ2) is 6.08. The van der Waals surface area contributed by atoms with Gasteiger partial charge in [-0.3, -0.25) is 4.79 Å². The number of anilines is 1. The molecule has 1 amide bonds. The van der Waals surface area contributed by atoms with Crippen LogP contribution in [0.2, 0.25) is 0 Å². The summed E-state index contributed by atoms with van der Waals surface area (Å²) in [6.07, 6.45) is -0.383. The lowest BCUT2D eigenvalue weighted by Gasteiger charge is -2.28. The second-order valence-corrected chi connectivity index (χ2v) is 5.06. The lowest BCUT2D eigenvalue weighted by Crippen LogP contribution is -2.38. The van der Waals surface area contributed by atoms with Crippen LogP contribution in [0, 0.1) is 0 Å². The van der Waals surface area contributed by atoms with E-state index in [9.17, 15) is 4.79 Å². The van der Waals surface area contributed by atoms with E-state index >= 15 is 0 Å². The highest BCUT2D eigenvalue weighted by molar-refractivity contribution is 6.01. The van der Waals surface area contributed by atoms with Crippen molar-refractivity contribution in [3.63, 3.8) is 0 Å². The third-order valence-electron chi connectivity index (χ3n) is 3.77. The molecular weight excluding hydrogens is 296 g/mol. The molecule has 1 atom stereocenters. The Labute approximate surface area is 134 Å². The maximum Gasteiger partial charge on any atom is 0.255 e. The summed E-state index contributed by atoms with van der Waals surface area (Å²) >= 11 is 0. The molecule has 2 aromatic carbocycles. The molecule has 6 nitrogen and oxygen atoms in total. The molecule has 1 aliphatic rings. The Morgan fingerprint density at radius 2 is 1.57 bits per heavy atom. The average Bonchev–Trinajstić information content (AvgIpc) is 2.60. The highest BCUT2D eigenvalue weighted by atomic mass is 16.5. The maximum atomic E-state index is 12.3. The van der Waals surface area contributed by atoms with Crippen molar-refractivity contribution in [1.82, 2.24) is 5.32 Å². The fourth-order valence-electron chi connectivity index (χ4n) is 2.64. The third-order valence-corrected chi connectivity index (χ3v) is 3.77. The minimum absolute atomic E-state index is 0.127. The van der Waals surface area contributed by atoms with E-state index in [0.717, 1.165) is 11.3 Å². The van der Waals surface area contributed by atoms with E-state index in [1.165, 1.54) is 0 Å². The molecule has 1 aliphatic heterocycles. The number of para-hydroxylation sites is 1. The van der Waals surface area contributed by atoms with Crippen molar-refractivity contribution in [3.05, 3.63) is 47.5 Å². The first-order valence-corrected chi connectivity index (χ1v) is 7.14. The number of nitrogens with one attached hydrogen (secondary N) is 2. The first kappa shape index (κ1) is 15.0. The van der Waals surface area contributed by atoms with Crippen LogP contribution >= 0.6 is 0 Å². The molecule has 0 unspecified atom stereocenters. The Morgan fingerprint density at radius 3 is 2.17 bits per heavy atom. The number of amides is 1. The van der Waals surface area contributed by atoms with E-state index in [1.54, 1.807) is 27.4 Å². The molecule has 0 spiro atoms. The van der Waals surface area contributed by atoms with Gasteiger partial charge in [0.2, 0.25) is 5.75 Å². The average molecular weight is 314 g/mol. The van der Waals surface area contributed by atoms with Crippen LogP contribution in [0.1, 0.15) is 22.1 Å². The van der Waals surface area contributed by atoms with Crippen LogP contribution in [-0.2, 0) is 0 Å². The molecule has 3 rings (SSSR count). The lowest BCUT2D eigenvalue weighted by atomic mass is 10.0. The molecule has 6 heteroatoms. The number of hydrogen-bond acceptors (Lipinski definition) is 5. The van der Waals surface area contributed by atoms with Gasteiger partial charge in [0.15, 0.2) is 11.5 Å². The van der Waals surface area contributed by atoms with Crippen molar-refractivity contribution in [1.29, 1.82) is 0 Å². The SMILES string of the molecule is COc1cc([C@@H]2NC(=O)c3ccccc3N2)cc(OC)c1OC. The van der Waals surface area contributed by atoms with Gasteiger partial charge >= 0.3 is 0 Å². The summed E-state index contributed by atoms with van der Waals surface area (Å²) in [6.45, 7) is 0. The minimum atomic E-state index is -0.383. The monoisotopic (exact) mass is 314 g/mol. The maximum absolute atomic E-state index is 12.3. The number of carbonyl (C=O) groups is 1. The zero-order valence-electron chi connectivity index (χ0n) is 13.2. The topological polar surface area (TPSA) is 68.8 Å². The van der Waals surface area contributed by atoms with Crippen LogP contribution in [0.4, 0.5) is 5.69 Å². The van der Waals surface area contributed by atoms with Gasteiger partial charge in [0.05, 0.1) is 26.9 Å². The van der Waals surface area contributed by atoms with Crippen LogP contribution in [0.25, 0.3) is 0 Å². The van der Waals surface area contributed by atoms with Gasteiger partial charge < -0.3 is 24.8 Å². The number of carbonyl (C=O) groups excluding carboxylic acids is 1. The fraction of sp³-hybridized carbons (Fsp3) is 0.235. The second-order valence-electron chi connectivity index (χ2n) is 5.06. The van der Waals surface area contributed by atoms with E-state index in [-0.39, 0.29) is 12.1 Å². The summed E-state index contributed by atoms with van der Waals surface area (Å²) in [5, 5.41) is 6.23. The highest BCUT2D eigenvalue weighted by Gasteiger charge is 2.26. The van der Waals surface area contributed by atoms with Crippen molar-refractivity contribution in [2.75, 3.05) is 26.6 Å². The van der Waals surface area contributed by atoms with Crippen molar-refractivity contribution in [3.8, 4) is 17.2 Å². The van der Waals surface area contributed by atoms with Crippen molar-refractivity contribution in [2.45, 2.75) is 6.17 Å². The zero-order valence-corrected chi connectivity index (χ0v) is 13.2. The van der Waals surface area contributed by atoms with Crippen LogP contribution < -0.4 is 24.8 Å². The van der Waals surface area contributed by atoms with Gasteiger partial charge in [-0.25, -0.2) is 0 Å². The minimum Gasteiger partial charge on any atom is -0.493 e. The van der Waals surface area contributed by atoms with Crippen LogP contribution in [0.15, 0.2) is 36.4 Å².